The van der Waals surface area contributed by atoms with E-state index < -0.39 is 0 Å². The molecule has 132 valence electrons. The lowest BCUT2D eigenvalue weighted by atomic mass is 10.3. The Hall–Kier alpha value is -2.54. The summed E-state index contributed by atoms with van der Waals surface area (Å²) in [6.07, 6.45) is 3.45. The molecule has 0 atom stereocenters. The van der Waals surface area contributed by atoms with Crippen molar-refractivity contribution >= 4 is 23.6 Å². The summed E-state index contributed by atoms with van der Waals surface area (Å²) in [5, 5.41) is 3.54. The summed E-state index contributed by atoms with van der Waals surface area (Å²) in [6, 6.07) is 8.86. The number of halogens is 1. The number of benzene rings is 1. The average Bonchev–Trinajstić information content (AvgIpc) is 2.67. The van der Waals surface area contributed by atoms with Gasteiger partial charge in [-0.2, -0.15) is 0 Å². The van der Waals surface area contributed by atoms with Crippen LogP contribution < -0.4 is 15.0 Å². The summed E-state index contributed by atoms with van der Waals surface area (Å²) in [4.78, 5) is 24.5. The van der Waals surface area contributed by atoms with Gasteiger partial charge in [-0.3, -0.25) is 0 Å². The minimum atomic E-state index is -0.0756. The number of urea groups is 1. The molecule has 1 saturated heterocycles. The summed E-state index contributed by atoms with van der Waals surface area (Å²) < 4.78 is 5.56. The smallest absolute Gasteiger partial charge is 0.317 e. The number of aromatic nitrogens is 2. The normalized spacial score (nSPS) is 14.3. The van der Waals surface area contributed by atoms with Crippen LogP contribution in [0.4, 0.5) is 10.7 Å². The van der Waals surface area contributed by atoms with E-state index in [2.05, 4.69) is 20.2 Å². The minimum absolute atomic E-state index is 0.0756. The van der Waals surface area contributed by atoms with E-state index in [1.807, 2.05) is 0 Å². The van der Waals surface area contributed by atoms with Gasteiger partial charge in [0.15, 0.2) is 0 Å². The van der Waals surface area contributed by atoms with Crippen LogP contribution in [0.1, 0.15) is 0 Å². The van der Waals surface area contributed by atoms with Crippen LogP contribution in [-0.4, -0.2) is 60.2 Å². The number of hydrogen-bond donors (Lipinski definition) is 1. The van der Waals surface area contributed by atoms with Crippen LogP contribution in [0, 0.1) is 0 Å². The molecule has 25 heavy (non-hydrogen) atoms. The molecule has 0 unspecified atom stereocenters. The second-order valence-corrected chi connectivity index (χ2v) is 5.99. The molecule has 1 aliphatic heterocycles. The van der Waals surface area contributed by atoms with E-state index in [0.29, 0.717) is 37.2 Å². The fourth-order valence-electron chi connectivity index (χ4n) is 2.53. The molecular formula is C17H20ClN5O2. The first-order valence-corrected chi connectivity index (χ1v) is 8.53. The Morgan fingerprint density at radius 3 is 2.48 bits per heavy atom. The highest BCUT2D eigenvalue weighted by molar-refractivity contribution is 6.30. The maximum absolute atomic E-state index is 12.2. The van der Waals surface area contributed by atoms with Crippen LogP contribution in [0.2, 0.25) is 5.02 Å². The number of amides is 2. The maximum atomic E-state index is 12.2. The van der Waals surface area contributed by atoms with E-state index in [1.165, 1.54) is 0 Å². The van der Waals surface area contributed by atoms with Crippen LogP contribution in [0.25, 0.3) is 0 Å². The molecule has 1 aromatic heterocycles. The van der Waals surface area contributed by atoms with Crippen molar-refractivity contribution in [2.75, 3.05) is 44.2 Å². The number of rotatable bonds is 5. The first-order valence-electron chi connectivity index (χ1n) is 8.15. The Balaban J connectivity index is 1.36. The number of anilines is 1. The quantitative estimate of drug-likeness (QED) is 0.825. The molecule has 1 aliphatic rings. The number of ether oxygens (including phenoxy) is 1. The first kappa shape index (κ1) is 17.3. The lowest BCUT2D eigenvalue weighted by molar-refractivity contribution is 0.191. The largest absolute Gasteiger partial charge is 0.492 e. The van der Waals surface area contributed by atoms with Gasteiger partial charge in [-0.25, -0.2) is 14.8 Å². The van der Waals surface area contributed by atoms with E-state index >= 15 is 0 Å². The predicted octanol–water partition coefficient (Wildman–Crippen LogP) is 2.04. The highest BCUT2D eigenvalue weighted by Crippen LogP contribution is 2.15. The molecule has 0 bridgehead atoms. The van der Waals surface area contributed by atoms with Gasteiger partial charge in [0, 0.05) is 43.6 Å². The number of carbonyl (C=O) groups is 1. The van der Waals surface area contributed by atoms with E-state index in [1.54, 1.807) is 47.6 Å². The minimum Gasteiger partial charge on any atom is -0.492 e. The molecule has 1 N–H and O–H groups in total. The van der Waals surface area contributed by atoms with Gasteiger partial charge in [0.2, 0.25) is 5.95 Å². The van der Waals surface area contributed by atoms with Gasteiger partial charge in [0.25, 0.3) is 0 Å². The van der Waals surface area contributed by atoms with Crippen LogP contribution in [0.3, 0.4) is 0 Å². The molecule has 2 aromatic rings. The number of nitrogens with one attached hydrogen (secondary N) is 1. The SMILES string of the molecule is O=C(NCCOc1ccc(Cl)cc1)N1CCN(c2ncccn2)CC1. The Morgan fingerprint density at radius 1 is 1.12 bits per heavy atom. The van der Waals surface area contributed by atoms with Crippen molar-refractivity contribution in [2.45, 2.75) is 0 Å². The van der Waals surface area contributed by atoms with Crippen molar-refractivity contribution in [1.82, 2.24) is 20.2 Å². The van der Waals surface area contributed by atoms with E-state index in [4.69, 9.17) is 16.3 Å². The molecular weight excluding hydrogens is 342 g/mol. The van der Waals surface area contributed by atoms with E-state index in [9.17, 15) is 4.79 Å². The number of piperazine rings is 1. The van der Waals surface area contributed by atoms with E-state index in [-0.39, 0.29) is 6.03 Å². The molecule has 2 heterocycles. The standard InChI is InChI=1S/C17H20ClN5O2/c18-14-2-4-15(5-3-14)25-13-8-21-17(24)23-11-9-22(10-12-23)16-19-6-1-7-20-16/h1-7H,8-13H2,(H,21,24). The molecule has 0 spiro atoms. The highest BCUT2D eigenvalue weighted by atomic mass is 35.5. The third-order valence-corrected chi connectivity index (χ3v) is 4.11. The van der Waals surface area contributed by atoms with Gasteiger partial charge in [-0.05, 0) is 30.3 Å². The second kappa shape index (κ2) is 8.53. The molecule has 3 rings (SSSR count). The monoisotopic (exact) mass is 361 g/mol. The summed E-state index contributed by atoms with van der Waals surface area (Å²) >= 11 is 5.82. The number of nitrogens with zero attached hydrogens (tertiary/aromatic N) is 4. The summed E-state index contributed by atoms with van der Waals surface area (Å²) in [7, 11) is 0. The summed E-state index contributed by atoms with van der Waals surface area (Å²) in [5.41, 5.74) is 0. The molecule has 1 aromatic carbocycles. The third-order valence-electron chi connectivity index (χ3n) is 3.86. The van der Waals surface area contributed by atoms with Crippen molar-refractivity contribution < 1.29 is 9.53 Å². The van der Waals surface area contributed by atoms with E-state index in [0.717, 1.165) is 18.8 Å². The molecule has 8 heteroatoms. The van der Waals surface area contributed by atoms with Crippen LogP contribution in [0.15, 0.2) is 42.7 Å². The number of hydrogen-bond acceptors (Lipinski definition) is 5. The molecule has 1 fully saturated rings. The second-order valence-electron chi connectivity index (χ2n) is 5.56. The molecule has 0 saturated carbocycles. The fourth-order valence-corrected chi connectivity index (χ4v) is 2.66. The van der Waals surface area contributed by atoms with Crippen molar-refractivity contribution in [2.24, 2.45) is 0 Å². The van der Waals surface area contributed by atoms with Crippen molar-refractivity contribution in [3.8, 4) is 5.75 Å². The van der Waals surface area contributed by atoms with Crippen molar-refractivity contribution in [3.05, 3.63) is 47.7 Å². The van der Waals surface area contributed by atoms with Gasteiger partial charge in [-0.15, -0.1) is 0 Å². The molecule has 0 aliphatic carbocycles. The van der Waals surface area contributed by atoms with Crippen molar-refractivity contribution in [1.29, 1.82) is 0 Å². The molecule has 0 radical (unpaired) electrons. The Morgan fingerprint density at radius 2 is 1.80 bits per heavy atom. The lowest BCUT2D eigenvalue weighted by Gasteiger charge is -2.34. The lowest BCUT2D eigenvalue weighted by Crippen LogP contribution is -2.52. The summed E-state index contributed by atoms with van der Waals surface area (Å²) in [5.74, 6) is 1.44. The van der Waals surface area contributed by atoms with Crippen LogP contribution in [0.5, 0.6) is 5.75 Å². The van der Waals surface area contributed by atoms with Gasteiger partial charge < -0.3 is 19.9 Å². The van der Waals surface area contributed by atoms with Gasteiger partial charge >= 0.3 is 6.03 Å². The van der Waals surface area contributed by atoms with Gasteiger partial charge in [0.05, 0.1) is 6.54 Å². The molecule has 7 nitrogen and oxygen atoms in total. The maximum Gasteiger partial charge on any atom is 0.317 e. The van der Waals surface area contributed by atoms with Gasteiger partial charge in [-0.1, -0.05) is 11.6 Å². The Bertz CT molecular complexity index is 675. The average molecular weight is 362 g/mol. The zero-order valence-corrected chi connectivity index (χ0v) is 14.5. The zero-order chi connectivity index (χ0) is 17.5. The van der Waals surface area contributed by atoms with Crippen molar-refractivity contribution in [3.63, 3.8) is 0 Å². The first-order chi connectivity index (χ1) is 12.2. The van der Waals surface area contributed by atoms with Crippen LogP contribution in [-0.2, 0) is 0 Å². The zero-order valence-electron chi connectivity index (χ0n) is 13.8. The Labute approximate surface area is 151 Å². The number of carbonyl (C=O) groups excluding carboxylic acids is 1. The summed E-state index contributed by atoms with van der Waals surface area (Å²) in [6.45, 7) is 3.58. The third kappa shape index (κ3) is 4.96. The highest BCUT2D eigenvalue weighted by Gasteiger charge is 2.22. The predicted molar refractivity (Wildman–Crippen MR) is 96.2 cm³/mol. The Kier molecular flexibility index (Phi) is 5.90. The van der Waals surface area contributed by atoms with Gasteiger partial charge in [0.1, 0.15) is 12.4 Å². The fraction of sp³-hybridized carbons (Fsp3) is 0.353. The molecule has 2 amide bonds. The van der Waals surface area contributed by atoms with Crippen LogP contribution >= 0.6 is 11.6 Å². The topological polar surface area (TPSA) is 70.6 Å².